The Bertz CT molecular complexity index is 761. The molecule has 0 saturated heterocycles. The Morgan fingerprint density at radius 3 is 2.65 bits per heavy atom. The number of carbonyl (C=O) groups is 2. The molecule has 2 aromatic rings. The van der Waals surface area contributed by atoms with Crippen LogP contribution in [0.3, 0.4) is 0 Å². The standard InChI is InChI=1S/C17H19FN2O3/c1-4-9(2)15(17(22)23)20-16(21)13-7-11-5-6-12(18)8-14(11)19-10(13)3/h5-9,15H,4H2,1-3H3,(H,20,21)(H,22,23). The van der Waals surface area contributed by atoms with Gasteiger partial charge in [0.2, 0.25) is 0 Å². The number of halogens is 1. The fourth-order valence-corrected chi connectivity index (χ4v) is 2.37. The lowest BCUT2D eigenvalue weighted by molar-refractivity contribution is -0.140. The Morgan fingerprint density at radius 2 is 2.04 bits per heavy atom. The zero-order chi connectivity index (χ0) is 17.1. The number of aromatic nitrogens is 1. The molecule has 2 unspecified atom stereocenters. The molecule has 2 rings (SSSR count). The van der Waals surface area contributed by atoms with Crippen molar-refractivity contribution in [3.8, 4) is 0 Å². The Morgan fingerprint density at radius 1 is 1.35 bits per heavy atom. The maximum atomic E-state index is 13.2. The van der Waals surface area contributed by atoms with Crippen LogP contribution in [0.5, 0.6) is 0 Å². The van der Waals surface area contributed by atoms with Crippen molar-refractivity contribution in [3.63, 3.8) is 0 Å². The van der Waals surface area contributed by atoms with Gasteiger partial charge in [0.25, 0.3) is 5.91 Å². The lowest BCUT2D eigenvalue weighted by Gasteiger charge is -2.20. The number of hydrogen-bond acceptors (Lipinski definition) is 3. The lowest BCUT2D eigenvalue weighted by Crippen LogP contribution is -2.45. The van der Waals surface area contributed by atoms with Crippen molar-refractivity contribution in [1.29, 1.82) is 0 Å². The van der Waals surface area contributed by atoms with Gasteiger partial charge < -0.3 is 10.4 Å². The molecule has 1 aromatic heterocycles. The van der Waals surface area contributed by atoms with Crippen molar-refractivity contribution in [3.05, 3.63) is 41.3 Å². The number of benzene rings is 1. The summed E-state index contributed by atoms with van der Waals surface area (Å²) in [6.45, 7) is 5.27. The third kappa shape index (κ3) is 3.64. The molecule has 23 heavy (non-hydrogen) atoms. The quantitative estimate of drug-likeness (QED) is 0.888. The molecule has 0 bridgehead atoms. The van der Waals surface area contributed by atoms with E-state index >= 15 is 0 Å². The Labute approximate surface area is 133 Å². The number of nitrogens with zero attached hydrogens (tertiary/aromatic N) is 1. The van der Waals surface area contributed by atoms with Crippen LogP contribution in [-0.2, 0) is 4.79 Å². The van der Waals surface area contributed by atoms with Crippen molar-refractivity contribution >= 4 is 22.8 Å². The van der Waals surface area contributed by atoms with Crippen LogP contribution in [0.2, 0.25) is 0 Å². The summed E-state index contributed by atoms with van der Waals surface area (Å²) in [5.41, 5.74) is 1.17. The number of carboxylic acid groups (broad SMARTS) is 1. The average Bonchev–Trinajstić information content (AvgIpc) is 2.50. The van der Waals surface area contributed by atoms with Gasteiger partial charge in [-0.15, -0.1) is 0 Å². The molecular formula is C17H19FN2O3. The van der Waals surface area contributed by atoms with Gasteiger partial charge >= 0.3 is 5.97 Å². The smallest absolute Gasteiger partial charge is 0.326 e. The van der Waals surface area contributed by atoms with Gasteiger partial charge in [0.05, 0.1) is 16.8 Å². The highest BCUT2D eigenvalue weighted by Crippen LogP contribution is 2.18. The zero-order valence-electron chi connectivity index (χ0n) is 13.3. The summed E-state index contributed by atoms with van der Waals surface area (Å²) in [7, 11) is 0. The van der Waals surface area contributed by atoms with E-state index in [2.05, 4.69) is 10.3 Å². The molecule has 0 aliphatic carbocycles. The number of rotatable bonds is 5. The van der Waals surface area contributed by atoms with Crippen LogP contribution in [-0.4, -0.2) is 28.0 Å². The second-order valence-corrected chi connectivity index (χ2v) is 5.63. The van der Waals surface area contributed by atoms with E-state index in [1.807, 2.05) is 6.92 Å². The monoisotopic (exact) mass is 318 g/mol. The SMILES string of the molecule is CCC(C)C(NC(=O)c1cc2ccc(F)cc2nc1C)C(=O)O. The van der Waals surface area contributed by atoms with E-state index in [9.17, 15) is 19.1 Å². The fourth-order valence-electron chi connectivity index (χ4n) is 2.37. The molecule has 0 saturated carbocycles. The Balaban J connectivity index is 2.35. The molecule has 1 amide bonds. The van der Waals surface area contributed by atoms with Gasteiger partial charge in [0.1, 0.15) is 11.9 Å². The fraction of sp³-hybridized carbons (Fsp3) is 0.353. The lowest BCUT2D eigenvalue weighted by atomic mass is 9.98. The van der Waals surface area contributed by atoms with Crippen LogP contribution in [0.1, 0.15) is 36.3 Å². The van der Waals surface area contributed by atoms with E-state index in [0.717, 1.165) is 0 Å². The number of fused-ring (bicyclic) bond motifs is 1. The minimum absolute atomic E-state index is 0.195. The molecule has 0 fully saturated rings. The number of aryl methyl sites for hydroxylation is 1. The summed E-state index contributed by atoms with van der Waals surface area (Å²) in [5, 5.41) is 12.4. The predicted molar refractivity (Wildman–Crippen MR) is 84.8 cm³/mol. The third-order valence-corrected chi connectivity index (χ3v) is 3.98. The van der Waals surface area contributed by atoms with Crippen LogP contribution in [0.15, 0.2) is 24.3 Å². The van der Waals surface area contributed by atoms with Gasteiger partial charge in [0, 0.05) is 11.5 Å². The third-order valence-electron chi connectivity index (χ3n) is 3.98. The molecule has 0 spiro atoms. The second-order valence-electron chi connectivity index (χ2n) is 5.63. The number of carbonyl (C=O) groups excluding carboxylic acids is 1. The maximum absolute atomic E-state index is 13.2. The summed E-state index contributed by atoms with van der Waals surface area (Å²) < 4.78 is 13.2. The molecule has 5 nitrogen and oxygen atoms in total. The first kappa shape index (κ1) is 16.9. The van der Waals surface area contributed by atoms with E-state index in [1.54, 1.807) is 19.9 Å². The van der Waals surface area contributed by atoms with Gasteiger partial charge in [-0.3, -0.25) is 9.78 Å². The summed E-state index contributed by atoms with van der Waals surface area (Å²) >= 11 is 0. The Kier molecular flexibility index (Phi) is 4.93. The summed E-state index contributed by atoms with van der Waals surface area (Å²) in [4.78, 5) is 28.0. The predicted octanol–water partition coefficient (Wildman–Crippen LogP) is 2.91. The molecule has 1 heterocycles. The molecule has 0 radical (unpaired) electrons. The Hall–Kier alpha value is -2.50. The normalized spacial score (nSPS) is 13.6. The van der Waals surface area contributed by atoms with Crippen LogP contribution in [0.4, 0.5) is 4.39 Å². The molecule has 6 heteroatoms. The first-order valence-corrected chi connectivity index (χ1v) is 7.44. The van der Waals surface area contributed by atoms with Crippen molar-refractivity contribution in [1.82, 2.24) is 10.3 Å². The van der Waals surface area contributed by atoms with Crippen LogP contribution < -0.4 is 5.32 Å². The highest BCUT2D eigenvalue weighted by molar-refractivity contribution is 6.00. The van der Waals surface area contributed by atoms with E-state index in [0.29, 0.717) is 28.6 Å². The average molecular weight is 318 g/mol. The van der Waals surface area contributed by atoms with Gasteiger partial charge in [-0.05, 0) is 31.0 Å². The van der Waals surface area contributed by atoms with Crippen LogP contribution >= 0.6 is 0 Å². The minimum atomic E-state index is -1.07. The maximum Gasteiger partial charge on any atom is 0.326 e. The molecule has 0 aliphatic rings. The molecule has 122 valence electrons. The van der Waals surface area contributed by atoms with Crippen molar-refractivity contribution in [2.75, 3.05) is 0 Å². The zero-order valence-corrected chi connectivity index (χ0v) is 13.3. The van der Waals surface area contributed by atoms with Crippen molar-refractivity contribution in [2.24, 2.45) is 5.92 Å². The largest absolute Gasteiger partial charge is 0.480 e. The van der Waals surface area contributed by atoms with Gasteiger partial charge in [-0.25, -0.2) is 9.18 Å². The van der Waals surface area contributed by atoms with Gasteiger partial charge in [-0.2, -0.15) is 0 Å². The van der Waals surface area contributed by atoms with Crippen LogP contribution in [0, 0.1) is 18.7 Å². The van der Waals surface area contributed by atoms with Crippen molar-refractivity contribution < 1.29 is 19.1 Å². The summed E-state index contributed by atoms with van der Waals surface area (Å²) in [6.07, 6.45) is 0.630. The molecule has 1 aromatic carbocycles. The van der Waals surface area contributed by atoms with E-state index < -0.39 is 23.7 Å². The number of carboxylic acids is 1. The molecular weight excluding hydrogens is 299 g/mol. The number of hydrogen-bond donors (Lipinski definition) is 2. The van der Waals surface area contributed by atoms with Crippen LogP contribution in [0.25, 0.3) is 10.9 Å². The minimum Gasteiger partial charge on any atom is -0.480 e. The molecule has 2 atom stereocenters. The summed E-state index contributed by atoms with van der Waals surface area (Å²) in [6, 6.07) is 4.76. The highest BCUT2D eigenvalue weighted by Gasteiger charge is 2.26. The molecule has 0 aliphatic heterocycles. The van der Waals surface area contributed by atoms with E-state index in [1.165, 1.54) is 18.2 Å². The van der Waals surface area contributed by atoms with E-state index in [-0.39, 0.29) is 5.92 Å². The number of aliphatic carboxylic acids is 1. The number of amides is 1. The van der Waals surface area contributed by atoms with Gasteiger partial charge in [0.15, 0.2) is 0 Å². The first-order valence-electron chi connectivity index (χ1n) is 7.44. The highest BCUT2D eigenvalue weighted by atomic mass is 19.1. The second kappa shape index (κ2) is 6.73. The molecule has 2 N–H and O–H groups in total. The number of pyridine rings is 1. The summed E-state index contributed by atoms with van der Waals surface area (Å²) in [5.74, 6) is -2.15. The van der Waals surface area contributed by atoms with Crippen molar-refractivity contribution in [2.45, 2.75) is 33.2 Å². The van der Waals surface area contributed by atoms with Gasteiger partial charge in [-0.1, -0.05) is 20.3 Å². The van der Waals surface area contributed by atoms with E-state index in [4.69, 9.17) is 0 Å². The first-order chi connectivity index (χ1) is 10.8. The number of nitrogens with one attached hydrogen (secondary N) is 1. The topological polar surface area (TPSA) is 79.3 Å².